The van der Waals surface area contributed by atoms with Gasteiger partial charge in [-0.05, 0) is 0 Å². The van der Waals surface area contributed by atoms with Crippen LogP contribution in [0.1, 0.15) is 6.42 Å². The van der Waals surface area contributed by atoms with E-state index in [1.54, 1.807) is 22.9 Å². The highest BCUT2D eigenvalue weighted by Gasteiger charge is 2.38. The summed E-state index contributed by atoms with van der Waals surface area (Å²) in [6, 6.07) is 0. The quantitative estimate of drug-likeness (QED) is 0.615. The van der Waals surface area contributed by atoms with Crippen molar-refractivity contribution in [2.24, 2.45) is 5.73 Å². The maximum Gasteiger partial charge on any atom is 0.409 e. The molecule has 2 rings (SSSR count). The third kappa shape index (κ3) is 1.49. The van der Waals surface area contributed by atoms with Gasteiger partial charge in [-0.1, -0.05) is 0 Å². The molecule has 6 heteroatoms. The number of carbonyl (C=O) groups excluding carboxylic acids is 2. The third-order valence-corrected chi connectivity index (χ3v) is 3.11. The average Bonchev–Trinajstić information content (AvgIpc) is 2.05. The SMILES string of the molecule is NC(=O)OC1=CN2C(=O)C[C@H]2SC1. The molecule has 2 amide bonds. The number of ether oxygens (including phenoxy) is 1. The molecule has 0 spiro atoms. The predicted molar refractivity (Wildman–Crippen MR) is 46.5 cm³/mol. The molecule has 0 radical (unpaired) electrons. The number of β-lactam (4-membered cyclic amide) rings is 1. The Kier molecular flexibility index (Phi) is 1.91. The summed E-state index contributed by atoms with van der Waals surface area (Å²) in [5, 5.41) is 0.229. The monoisotopic (exact) mass is 200 g/mol. The Labute approximate surface area is 78.9 Å². The van der Waals surface area contributed by atoms with Crippen LogP contribution in [0, 0.1) is 0 Å². The summed E-state index contributed by atoms with van der Waals surface area (Å²) in [4.78, 5) is 23.0. The number of hydrogen-bond acceptors (Lipinski definition) is 4. The number of carbonyl (C=O) groups is 2. The highest BCUT2D eigenvalue weighted by Crippen LogP contribution is 2.35. The summed E-state index contributed by atoms with van der Waals surface area (Å²) in [5.74, 6) is 1.10. The number of primary amides is 1. The van der Waals surface area contributed by atoms with Crippen LogP contribution in [0.25, 0.3) is 0 Å². The molecule has 0 aromatic heterocycles. The van der Waals surface area contributed by atoms with E-state index in [0.717, 1.165) is 0 Å². The van der Waals surface area contributed by atoms with E-state index in [0.29, 0.717) is 17.9 Å². The standard InChI is InChI=1S/C7H8N2O3S/c8-7(11)12-4-2-9-5(10)1-6(9)13-3-4/h2,6H,1,3H2,(H2,8,11)/t6-/m1/s1. The fourth-order valence-electron chi connectivity index (χ4n) is 1.25. The molecule has 70 valence electrons. The van der Waals surface area contributed by atoms with Crippen LogP contribution in [0.3, 0.4) is 0 Å². The van der Waals surface area contributed by atoms with Gasteiger partial charge in [0.05, 0.1) is 17.5 Å². The molecule has 0 aliphatic carbocycles. The van der Waals surface area contributed by atoms with Gasteiger partial charge in [-0.2, -0.15) is 0 Å². The normalized spacial score (nSPS) is 25.8. The average molecular weight is 200 g/mol. The van der Waals surface area contributed by atoms with Crippen LogP contribution >= 0.6 is 11.8 Å². The fraction of sp³-hybridized carbons (Fsp3) is 0.429. The molecule has 2 heterocycles. The van der Waals surface area contributed by atoms with Crippen LogP contribution in [0.2, 0.25) is 0 Å². The molecule has 0 aromatic carbocycles. The number of amides is 2. The minimum absolute atomic E-state index is 0.0581. The van der Waals surface area contributed by atoms with E-state index >= 15 is 0 Å². The minimum Gasteiger partial charge on any atom is -0.413 e. The number of fused-ring (bicyclic) bond motifs is 1. The molecule has 5 nitrogen and oxygen atoms in total. The van der Waals surface area contributed by atoms with Crippen molar-refractivity contribution in [3.63, 3.8) is 0 Å². The Morgan fingerprint density at radius 1 is 1.77 bits per heavy atom. The van der Waals surface area contributed by atoms with Crippen molar-refractivity contribution in [1.29, 1.82) is 0 Å². The van der Waals surface area contributed by atoms with Gasteiger partial charge in [0.1, 0.15) is 5.76 Å². The van der Waals surface area contributed by atoms with Gasteiger partial charge in [-0.25, -0.2) is 4.79 Å². The summed E-state index contributed by atoms with van der Waals surface area (Å²) in [7, 11) is 0. The van der Waals surface area contributed by atoms with Gasteiger partial charge in [0, 0.05) is 6.20 Å². The Hall–Kier alpha value is -1.17. The largest absolute Gasteiger partial charge is 0.413 e. The van der Waals surface area contributed by atoms with Crippen LogP contribution < -0.4 is 5.73 Å². The zero-order valence-corrected chi connectivity index (χ0v) is 7.54. The van der Waals surface area contributed by atoms with Crippen LogP contribution in [0.15, 0.2) is 12.0 Å². The first-order valence-corrected chi connectivity index (χ1v) is 4.82. The Morgan fingerprint density at radius 2 is 2.54 bits per heavy atom. The van der Waals surface area contributed by atoms with Gasteiger partial charge in [0.25, 0.3) is 0 Å². The van der Waals surface area contributed by atoms with E-state index in [1.807, 2.05) is 0 Å². The lowest BCUT2D eigenvalue weighted by Crippen LogP contribution is -2.49. The lowest BCUT2D eigenvalue weighted by Gasteiger charge is -2.40. The van der Waals surface area contributed by atoms with Crippen LogP contribution in [0.4, 0.5) is 4.79 Å². The second-order valence-electron chi connectivity index (χ2n) is 2.79. The molecule has 1 saturated heterocycles. The number of nitrogens with zero attached hydrogens (tertiary/aromatic N) is 1. The maximum atomic E-state index is 11.0. The van der Waals surface area contributed by atoms with E-state index in [1.165, 1.54) is 0 Å². The topological polar surface area (TPSA) is 72.6 Å². The Bertz CT molecular complexity index is 302. The number of nitrogens with two attached hydrogens (primary N) is 1. The molecule has 0 aromatic rings. The minimum atomic E-state index is -0.835. The van der Waals surface area contributed by atoms with Crippen LogP contribution in [-0.4, -0.2) is 28.0 Å². The molecule has 13 heavy (non-hydrogen) atoms. The predicted octanol–water partition coefficient (Wildman–Crippen LogP) is 0.228. The van der Waals surface area contributed by atoms with Crippen molar-refractivity contribution in [3.8, 4) is 0 Å². The summed E-state index contributed by atoms with van der Waals surface area (Å²) < 4.78 is 4.68. The van der Waals surface area contributed by atoms with Gasteiger partial charge < -0.3 is 15.4 Å². The van der Waals surface area contributed by atoms with Crippen molar-refractivity contribution in [1.82, 2.24) is 4.90 Å². The van der Waals surface area contributed by atoms with Crippen molar-refractivity contribution in [3.05, 3.63) is 12.0 Å². The van der Waals surface area contributed by atoms with Gasteiger partial charge in [0.15, 0.2) is 0 Å². The van der Waals surface area contributed by atoms with Crippen molar-refractivity contribution >= 4 is 23.8 Å². The lowest BCUT2D eigenvalue weighted by molar-refractivity contribution is -0.137. The van der Waals surface area contributed by atoms with E-state index in [2.05, 4.69) is 4.74 Å². The third-order valence-electron chi connectivity index (χ3n) is 1.88. The number of hydrogen-bond donors (Lipinski definition) is 1. The molecular formula is C7H8N2O3S. The molecule has 0 bridgehead atoms. The van der Waals surface area contributed by atoms with E-state index < -0.39 is 6.09 Å². The maximum absolute atomic E-state index is 11.0. The molecule has 2 N–H and O–H groups in total. The van der Waals surface area contributed by atoms with E-state index in [-0.39, 0.29) is 11.3 Å². The van der Waals surface area contributed by atoms with Crippen molar-refractivity contribution < 1.29 is 14.3 Å². The highest BCUT2D eigenvalue weighted by atomic mass is 32.2. The molecular weight excluding hydrogens is 192 g/mol. The zero-order valence-electron chi connectivity index (χ0n) is 6.73. The van der Waals surface area contributed by atoms with Gasteiger partial charge in [0.2, 0.25) is 5.91 Å². The second kappa shape index (κ2) is 2.95. The highest BCUT2D eigenvalue weighted by molar-refractivity contribution is 8.00. The summed E-state index contributed by atoms with van der Waals surface area (Å²) in [5.41, 5.74) is 4.84. The summed E-state index contributed by atoms with van der Waals surface area (Å²) in [6.45, 7) is 0. The van der Waals surface area contributed by atoms with E-state index in [4.69, 9.17) is 5.73 Å². The number of thioether (sulfide) groups is 1. The second-order valence-corrected chi connectivity index (χ2v) is 3.95. The van der Waals surface area contributed by atoms with E-state index in [9.17, 15) is 9.59 Å². The molecule has 0 unspecified atom stereocenters. The van der Waals surface area contributed by atoms with Crippen LogP contribution in [0.5, 0.6) is 0 Å². The first kappa shape index (κ1) is 8.43. The van der Waals surface area contributed by atoms with Gasteiger partial charge >= 0.3 is 6.09 Å². The summed E-state index contributed by atoms with van der Waals surface area (Å²) >= 11 is 1.57. The lowest BCUT2D eigenvalue weighted by atomic mass is 10.2. The Morgan fingerprint density at radius 3 is 3.15 bits per heavy atom. The molecule has 2 aliphatic rings. The first-order valence-electron chi connectivity index (χ1n) is 3.77. The van der Waals surface area contributed by atoms with Crippen molar-refractivity contribution in [2.75, 3.05) is 5.75 Å². The smallest absolute Gasteiger partial charge is 0.409 e. The fourth-order valence-corrected chi connectivity index (χ4v) is 2.34. The van der Waals surface area contributed by atoms with Gasteiger partial charge in [-0.3, -0.25) is 4.79 Å². The number of rotatable bonds is 1. The van der Waals surface area contributed by atoms with Crippen LogP contribution in [-0.2, 0) is 9.53 Å². The first-order chi connectivity index (χ1) is 6.16. The van der Waals surface area contributed by atoms with Crippen molar-refractivity contribution in [2.45, 2.75) is 11.8 Å². The molecule has 0 saturated carbocycles. The summed E-state index contributed by atoms with van der Waals surface area (Å²) in [6.07, 6.45) is 1.29. The van der Waals surface area contributed by atoms with Gasteiger partial charge in [-0.15, -0.1) is 11.8 Å². The zero-order chi connectivity index (χ0) is 9.42. The Balaban J connectivity index is 2.05. The molecule has 2 aliphatic heterocycles. The molecule has 1 fully saturated rings. The molecule has 1 atom stereocenters.